The molecule has 0 spiro atoms. The maximum atomic E-state index is 12.6. The van der Waals surface area contributed by atoms with Gasteiger partial charge in [0.2, 0.25) is 5.88 Å². The normalized spacial score (nSPS) is 19.9. The lowest BCUT2D eigenvalue weighted by molar-refractivity contribution is -0.116. The number of hydrogen-bond acceptors (Lipinski definition) is 6. The van der Waals surface area contributed by atoms with Crippen molar-refractivity contribution in [3.05, 3.63) is 45.0 Å². The number of benzene rings is 1. The zero-order valence-corrected chi connectivity index (χ0v) is 15.5. The Balaban J connectivity index is 2.26. The van der Waals surface area contributed by atoms with Gasteiger partial charge >= 0.3 is 0 Å². The van der Waals surface area contributed by atoms with Gasteiger partial charge in [0.05, 0.1) is 24.6 Å². The number of rotatable bonds is 3. The monoisotopic (exact) mass is 404 g/mol. The quantitative estimate of drug-likeness (QED) is 0.830. The Morgan fingerprint density at radius 3 is 2.64 bits per heavy atom. The lowest BCUT2D eigenvalue weighted by Crippen LogP contribution is -2.27. The molecule has 1 unspecified atom stereocenters. The van der Waals surface area contributed by atoms with E-state index in [1.165, 1.54) is 7.11 Å². The minimum absolute atomic E-state index is 0.0273. The van der Waals surface area contributed by atoms with Crippen molar-refractivity contribution in [1.29, 1.82) is 5.26 Å². The fourth-order valence-corrected chi connectivity index (χ4v) is 3.80. The van der Waals surface area contributed by atoms with Crippen molar-refractivity contribution in [1.82, 2.24) is 0 Å². The van der Waals surface area contributed by atoms with Crippen LogP contribution >= 0.6 is 15.9 Å². The first-order valence-electron chi connectivity index (χ1n) is 7.77. The Morgan fingerprint density at radius 1 is 1.28 bits per heavy atom. The molecule has 0 saturated heterocycles. The number of carbonyl (C=O) groups is 1. The summed E-state index contributed by atoms with van der Waals surface area (Å²) in [5.74, 6) is 1.05. The van der Waals surface area contributed by atoms with Crippen LogP contribution < -0.4 is 15.2 Å². The van der Waals surface area contributed by atoms with Crippen LogP contribution in [0.3, 0.4) is 0 Å². The Labute approximate surface area is 154 Å². The van der Waals surface area contributed by atoms with Crippen LogP contribution in [-0.2, 0) is 9.53 Å². The number of Topliss-reactive ketones (excluding diaryl/α,β-unsaturated/α-hetero) is 1. The van der Waals surface area contributed by atoms with Crippen LogP contribution in [0.25, 0.3) is 0 Å². The van der Waals surface area contributed by atoms with Crippen molar-refractivity contribution in [2.45, 2.75) is 25.2 Å². The summed E-state index contributed by atoms with van der Waals surface area (Å²) in [4.78, 5) is 12.6. The van der Waals surface area contributed by atoms with Gasteiger partial charge in [-0.1, -0.05) is 0 Å². The minimum atomic E-state index is -0.612. The molecule has 1 aromatic carbocycles. The average molecular weight is 405 g/mol. The van der Waals surface area contributed by atoms with Gasteiger partial charge in [-0.2, -0.15) is 5.26 Å². The van der Waals surface area contributed by atoms with Gasteiger partial charge < -0.3 is 19.9 Å². The van der Waals surface area contributed by atoms with Crippen molar-refractivity contribution in [2.24, 2.45) is 5.73 Å². The molecule has 130 valence electrons. The second-order valence-corrected chi connectivity index (χ2v) is 6.62. The van der Waals surface area contributed by atoms with E-state index in [4.69, 9.17) is 19.9 Å². The molecule has 0 radical (unpaired) electrons. The van der Waals surface area contributed by atoms with Crippen LogP contribution in [0.5, 0.6) is 11.5 Å². The molecular formula is C18H17BrN2O4. The van der Waals surface area contributed by atoms with E-state index in [-0.39, 0.29) is 17.2 Å². The molecule has 1 aliphatic carbocycles. The van der Waals surface area contributed by atoms with Crippen LogP contribution in [0, 0.1) is 11.3 Å². The highest BCUT2D eigenvalue weighted by Crippen LogP contribution is 2.47. The predicted octanol–water partition coefficient (Wildman–Crippen LogP) is 3.28. The molecule has 1 aromatic rings. The SMILES string of the molecule is COc1cc(OC)c(C2C(C#N)=C(N)OC3=C2C(=O)CCC3)cc1Br. The Bertz CT molecular complexity index is 851. The van der Waals surface area contributed by atoms with Gasteiger partial charge in [-0.15, -0.1) is 0 Å². The van der Waals surface area contributed by atoms with Gasteiger partial charge in [0.15, 0.2) is 5.78 Å². The van der Waals surface area contributed by atoms with Crippen LogP contribution in [0.2, 0.25) is 0 Å². The molecule has 0 aromatic heterocycles. The summed E-state index contributed by atoms with van der Waals surface area (Å²) >= 11 is 3.45. The number of nitriles is 1. The molecule has 0 fully saturated rings. The number of halogens is 1. The Morgan fingerprint density at radius 2 is 2.00 bits per heavy atom. The second-order valence-electron chi connectivity index (χ2n) is 5.77. The van der Waals surface area contributed by atoms with Gasteiger partial charge in [-0.3, -0.25) is 4.79 Å². The third-order valence-electron chi connectivity index (χ3n) is 4.42. The maximum Gasteiger partial charge on any atom is 0.205 e. The van der Waals surface area contributed by atoms with Gasteiger partial charge in [0.1, 0.15) is 28.9 Å². The van der Waals surface area contributed by atoms with Crippen molar-refractivity contribution in [2.75, 3.05) is 14.2 Å². The average Bonchev–Trinajstić information content (AvgIpc) is 2.60. The number of hydrogen-bond donors (Lipinski definition) is 1. The van der Waals surface area contributed by atoms with Gasteiger partial charge in [-0.25, -0.2) is 0 Å². The van der Waals surface area contributed by atoms with Crippen molar-refractivity contribution >= 4 is 21.7 Å². The van der Waals surface area contributed by atoms with Crippen molar-refractivity contribution in [3.63, 3.8) is 0 Å². The fourth-order valence-electron chi connectivity index (χ4n) is 3.28. The van der Waals surface area contributed by atoms with Gasteiger partial charge in [0, 0.05) is 30.0 Å². The molecule has 3 rings (SSSR count). The van der Waals surface area contributed by atoms with E-state index in [1.54, 1.807) is 19.2 Å². The van der Waals surface area contributed by atoms with Crippen LogP contribution in [0.4, 0.5) is 0 Å². The summed E-state index contributed by atoms with van der Waals surface area (Å²) in [5.41, 5.74) is 7.34. The molecule has 1 aliphatic heterocycles. The number of allylic oxidation sites excluding steroid dienone is 3. The van der Waals surface area contributed by atoms with E-state index >= 15 is 0 Å². The van der Waals surface area contributed by atoms with E-state index in [0.717, 1.165) is 0 Å². The van der Waals surface area contributed by atoms with Crippen LogP contribution in [0.1, 0.15) is 30.7 Å². The van der Waals surface area contributed by atoms with Crippen molar-refractivity contribution in [3.8, 4) is 17.6 Å². The van der Waals surface area contributed by atoms with Gasteiger partial charge in [0.25, 0.3) is 0 Å². The summed E-state index contributed by atoms with van der Waals surface area (Å²) in [6.07, 6.45) is 1.76. The number of nitrogens with two attached hydrogens (primary N) is 1. The van der Waals surface area contributed by atoms with E-state index in [0.29, 0.717) is 52.1 Å². The summed E-state index contributed by atoms with van der Waals surface area (Å²) < 4.78 is 17.1. The first kappa shape index (κ1) is 17.4. The number of nitrogens with zero attached hydrogens (tertiary/aromatic N) is 1. The van der Waals surface area contributed by atoms with Crippen LogP contribution in [-0.4, -0.2) is 20.0 Å². The van der Waals surface area contributed by atoms with E-state index in [1.807, 2.05) is 0 Å². The molecule has 7 heteroatoms. The van der Waals surface area contributed by atoms with Crippen LogP contribution in [0.15, 0.2) is 39.4 Å². The largest absolute Gasteiger partial charge is 0.496 e. The summed E-state index contributed by atoms with van der Waals surface area (Å²) in [6.45, 7) is 0. The minimum Gasteiger partial charge on any atom is -0.496 e. The summed E-state index contributed by atoms with van der Waals surface area (Å²) in [5, 5.41) is 9.62. The molecule has 1 atom stereocenters. The van der Waals surface area contributed by atoms with Gasteiger partial charge in [-0.05, 0) is 28.4 Å². The number of carbonyl (C=O) groups excluding carboxylic acids is 1. The molecule has 0 amide bonds. The fraction of sp³-hybridized carbons (Fsp3) is 0.333. The van der Waals surface area contributed by atoms with E-state index in [2.05, 4.69) is 22.0 Å². The molecule has 0 saturated carbocycles. The van der Waals surface area contributed by atoms with Crippen molar-refractivity contribution < 1.29 is 19.0 Å². The summed E-state index contributed by atoms with van der Waals surface area (Å²) in [6, 6.07) is 5.61. The summed E-state index contributed by atoms with van der Waals surface area (Å²) in [7, 11) is 3.08. The Hall–Kier alpha value is -2.46. The topological polar surface area (TPSA) is 94.6 Å². The Kier molecular flexibility index (Phi) is 4.73. The maximum absolute atomic E-state index is 12.6. The lowest BCUT2D eigenvalue weighted by atomic mass is 9.77. The standard InChI is InChI=1S/C18H17BrN2O4/c1-23-14-7-15(24-2)11(19)6-9(14)16-10(8-20)18(21)25-13-5-3-4-12(22)17(13)16/h6-7,16H,3-5,21H2,1-2H3. The first-order valence-corrected chi connectivity index (χ1v) is 8.56. The third kappa shape index (κ3) is 2.87. The number of ether oxygens (including phenoxy) is 3. The smallest absolute Gasteiger partial charge is 0.205 e. The number of methoxy groups -OCH3 is 2. The molecular weight excluding hydrogens is 388 g/mol. The molecule has 2 aliphatic rings. The predicted molar refractivity (Wildman–Crippen MR) is 93.8 cm³/mol. The first-order chi connectivity index (χ1) is 12.0. The van der Waals surface area contributed by atoms with E-state index in [9.17, 15) is 10.1 Å². The highest BCUT2D eigenvalue weighted by molar-refractivity contribution is 9.10. The number of ketones is 1. The highest BCUT2D eigenvalue weighted by Gasteiger charge is 2.39. The molecule has 2 N–H and O–H groups in total. The molecule has 0 bridgehead atoms. The zero-order chi connectivity index (χ0) is 18.1. The van der Waals surface area contributed by atoms with E-state index < -0.39 is 5.92 Å². The molecule has 6 nitrogen and oxygen atoms in total. The highest BCUT2D eigenvalue weighted by atomic mass is 79.9. The molecule has 25 heavy (non-hydrogen) atoms. The second kappa shape index (κ2) is 6.81. The third-order valence-corrected chi connectivity index (χ3v) is 5.04. The molecule has 1 heterocycles. The zero-order valence-electron chi connectivity index (χ0n) is 13.9. The lowest BCUT2D eigenvalue weighted by Gasteiger charge is -2.31.